The molecule has 4 rings (SSSR count). The summed E-state index contributed by atoms with van der Waals surface area (Å²) in [5.41, 5.74) is 0.517. The second-order valence-electron chi connectivity index (χ2n) is 11.3. The van der Waals surface area contributed by atoms with Crippen molar-refractivity contribution < 1.29 is 32.8 Å². The van der Waals surface area contributed by atoms with Crippen LogP contribution in [0.2, 0.25) is 0 Å². The number of para-hydroxylation sites is 1. The van der Waals surface area contributed by atoms with E-state index < -0.39 is 36.5 Å². The molecule has 220 valence electrons. The lowest BCUT2D eigenvalue weighted by atomic mass is 9.76. The van der Waals surface area contributed by atoms with E-state index in [1.807, 2.05) is 23.1 Å². The highest BCUT2D eigenvalue weighted by atomic mass is 19.3. The molecule has 2 aliphatic heterocycles. The minimum Gasteiger partial charge on any atom is -0.464 e. The van der Waals surface area contributed by atoms with Crippen molar-refractivity contribution in [3.63, 3.8) is 0 Å². The van der Waals surface area contributed by atoms with Crippen molar-refractivity contribution in [1.29, 1.82) is 0 Å². The summed E-state index contributed by atoms with van der Waals surface area (Å²) in [5.74, 6) is -4.17. The number of hydrogen-bond donors (Lipinski definition) is 4. The summed E-state index contributed by atoms with van der Waals surface area (Å²) in [7, 11) is -1.82. The fourth-order valence-corrected chi connectivity index (χ4v) is 5.53. The molecule has 1 aromatic heterocycles. The number of fused-ring (bicyclic) bond motifs is 1. The molecule has 2 aliphatic rings. The molecule has 0 aliphatic carbocycles. The van der Waals surface area contributed by atoms with Crippen LogP contribution in [-0.4, -0.2) is 88.5 Å². The van der Waals surface area contributed by atoms with E-state index in [4.69, 9.17) is 11.0 Å². The maximum Gasteiger partial charge on any atom is 0.475 e. The number of nitrogens with zero attached hydrogens (tertiary/aromatic N) is 3. The lowest BCUT2D eigenvalue weighted by molar-refractivity contribution is -0.127. The quantitative estimate of drug-likeness (QED) is 0.209. The van der Waals surface area contributed by atoms with E-state index in [0.29, 0.717) is 30.5 Å². The third kappa shape index (κ3) is 7.44. The molecule has 3 heterocycles. The minimum atomic E-state index is -2.69. The highest BCUT2D eigenvalue weighted by Crippen LogP contribution is 2.32. The summed E-state index contributed by atoms with van der Waals surface area (Å²) in [6, 6.07) is 6.32. The van der Waals surface area contributed by atoms with Gasteiger partial charge < -0.3 is 30.0 Å². The molecule has 4 N–H and O–H groups in total. The molecule has 0 saturated carbocycles. The van der Waals surface area contributed by atoms with Crippen molar-refractivity contribution in [3.05, 3.63) is 59.3 Å². The molecule has 0 unspecified atom stereocenters. The van der Waals surface area contributed by atoms with Gasteiger partial charge in [0.1, 0.15) is 5.58 Å². The number of rotatable bonds is 9. The summed E-state index contributed by atoms with van der Waals surface area (Å²) in [5, 5.41) is 25.9. The molecule has 1 aromatic carbocycles. The highest BCUT2D eigenvalue weighted by Gasteiger charge is 2.39. The summed E-state index contributed by atoms with van der Waals surface area (Å²) in [6.07, 6.45) is 3.98. The smallest absolute Gasteiger partial charge is 0.464 e. The summed E-state index contributed by atoms with van der Waals surface area (Å²) >= 11 is 0. The van der Waals surface area contributed by atoms with Crippen molar-refractivity contribution in [2.45, 2.75) is 69.4 Å². The summed E-state index contributed by atoms with van der Waals surface area (Å²) < 4.78 is 32.8. The van der Waals surface area contributed by atoms with Crippen LogP contribution in [0.15, 0.2) is 46.7 Å². The molecule has 0 radical (unpaired) electrons. The fourth-order valence-electron chi connectivity index (χ4n) is 5.53. The Balaban J connectivity index is 1.35. The Morgan fingerprint density at radius 3 is 2.66 bits per heavy atom. The van der Waals surface area contributed by atoms with Crippen molar-refractivity contribution in [2.75, 3.05) is 26.2 Å². The number of carbonyl (C=O) groups is 2. The van der Waals surface area contributed by atoms with E-state index in [-0.39, 0.29) is 50.6 Å². The standard InChI is InChI=1S/C28H36BF2N5O5/c1-27(2,35-13-10-28(30,31)11-14-35)16-22(32-3)25(37)36-12-6-7-20(36)17-33-26(38)34-24(29(39)40)15-19-18-41-23-9-5-4-8-21(19)23/h4-5,8-9,16,18,20,24,39-40H,6-7,10-15,17H2,1-2H3,(H2,33,34,38)/t20-,24+/m1/s1. The third-order valence-corrected chi connectivity index (χ3v) is 7.95. The van der Waals surface area contributed by atoms with E-state index in [1.54, 1.807) is 30.9 Å². The number of furan rings is 1. The number of halogens is 2. The number of alkyl halides is 2. The zero-order chi connectivity index (χ0) is 29.8. The first-order valence-corrected chi connectivity index (χ1v) is 13.8. The van der Waals surface area contributed by atoms with Gasteiger partial charge >= 0.3 is 13.1 Å². The molecule has 2 aromatic rings. The van der Waals surface area contributed by atoms with Crippen molar-refractivity contribution in [3.8, 4) is 0 Å². The van der Waals surface area contributed by atoms with Crippen LogP contribution in [0.4, 0.5) is 13.6 Å². The van der Waals surface area contributed by atoms with Gasteiger partial charge in [0.15, 0.2) is 0 Å². The van der Waals surface area contributed by atoms with Crippen LogP contribution in [0.3, 0.4) is 0 Å². The summed E-state index contributed by atoms with van der Waals surface area (Å²) in [4.78, 5) is 32.9. The number of likely N-dealkylation sites (tertiary alicyclic amines) is 2. The van der Waals surface area contributed by atoms with Gasteiger partial charge in [0.05, 0.1) is 18.8 Å². The summed E-state index contributed by atoms with van der Waals surface area (Å²) in [6.45, 7) is 12.1. The monoisotopic (exact) mass is 571 g/mol. The van der Waals surface area contributed by atoms with E-state index >= 15 is 0 Å². The van der Waals surface area contributed by atoms with Crippen LogP contribution < -0.4 is 10.6 Å². The first-order chi connectivity index (χ1) is 19.4. The minimum absolute atomic E-state index is 0.0838. The first-order valence-electron chi connectivity index (χ1n) is 13.8. The van der Waals surface area contributed by atoms with E-state index in [0.717, 1.165) is 5.39 Å². The fraction of sp³-hybridized carbons (Fsp3) is 0.536. The van der Waals surface area contributed by atoms with Gasteiger partial charge in [-0.15, -0.1) is 0 Å². The average molecular weight is 571 g/mol. The molecule has 41 heavy (non-hydrogen) atoms. The Kier molecular flexibility index (Phi) is 9.36. The predicted octanol–water partition coefficient (Wildman–Crippen LogP) is 2.96. The number of amides is 3. The van der Waals surface area contributed by atoms with Crippen LogP contribution in [-0.2, 0) is 11.2 Å². The van der Waals surface area contributed by atoms with Crippen molar-refractivity contribution in [1.82, 2.24) is 20.4 Å². The maximum atomic E-state index is 13.6. The second kappa shape index (κ2) is 12.6. The molecule has 2 fully saturated rings. The largest absolute Gasteiger partial charge is 0.475 e. The van der Waals surface area contributed by atoms with Crippen LogP contribution >= 0.6 is 0 Å². The molecule has 0 spiro atoms. The lowest BCUT2D eigenvalue weighted by Crippen LogP contribution is -2.53. The van der Waals surface area contributed by atoms with Crippen molar-refractivity contribution in [2.24, 2.45) is 0 Å². The zero-order valence-corrected chi connectivity index (χ0v) is 23.3. The molecule has 3 amide bonds. The van der Waals surface area contributed by atoms with E-state index in [2.05, 4.69) is 15.5 Å². The number of benzene rings is 1. The second-order valence-corrected chi connectivity index (χ2v) is 11.3. The van der Waals surface area contributed by atoms with E-state index in [9.17, 15) is 28.4 Å². The van der Waals surface area contributed by atoms with Gasteiger partial charge in [0.25, 0.3) is 11.8 Å². The maximum absolute atomic E-state index is 13.6. The number of hydrogen-bond acceptors (Lipinski definition) is 6. The lowest BCUT2D eigenvalue weighted by Gasteiger charge is -2.41. The molecular formula is C28H36BF2N5O5. The molecule has 10 nitrogen and oxygen atoms in total. The van der Waals surface area contributed by atoms with Gasteiger partial charge in [-0.05, 0) is 44.7 Å². The number of piperidine rings is 1. The molecule has 2 atom stereocenters. The Hall–Kier alpha value is -3.47. The van der Waals surface area contributed by atoms with Gasteiger partial charge in [0, 0.05) is 56.0 Å². The SMILES string of the molecule is [C-]#[N+]C(=CC(C)(C)N1CCC(F)(F)CC1)C(=O)N1CCC[C@@H]1CNC(=O)N[C@@H](Cc1coc2ccccc12)B(O)O. The highest BCUT2D eigenvalue weighted by molar-refractivity contribution is 6.43. The average Bonchev–Trinajstić information content (AvgIpc) is 3.57. The normalized spacial score (nSPS) is 20.5. The Morgan fingerprint density at radius 1 is 1.27 bits per heavy atom. The van der Waals surface area contributed by atoms with Gasteiger partial charge in [-0.3, -0.25) is 9.69 Å². The van der Waals surface area contributed by atoms with E-state index in [1.165, 1.54) is 6.26 Å². The van der Waals surface area contributed by atoms with Crippen molar-refractivity contribution >= 4 is 30.0 Å². The Morgan fingerprint density at radius 2 is 1.98 bits per heavy atom. The topological polar surface area (TPSA) is 123 Å². The molecule has 0 bridgehead atoms. The molecule has 2 saturated heterocycles. The van der Waals surface area contributed by atoms with Crippen LogP contribution in [0.25, 0.3) is 15.8 Å². The molecule has 13 heteroatoms. The Bertz CT molecular complexity index is 1310. The zero-order valence-electron chi connectivity index (χ0n) is 23.3. The van der Waals surface area contributed by atoms with Gasteiger partial charge in [-0.2, -0.15) is 0 Å². The predicted molar refractivity (Wildman–Crippen MR) is 150 cm³/mol. The van der Waals surface area contributed by atoms with Gasteiger partial charge in [-0.25, -0.2) is 18.4 Å². The van der Waals surface area contributed by atoms with Crippen LogP contribution in [0.5, 0.6) is 0 Å². The third-order valence-electron chi connectivity index (χ3n) is 7.95. The number of nitrogens with one attached hydrogen (secondary N) is 2. The van der Waals surface area contributed by atoms with Crippen LogP contribution in [0.1, 0.15) is 45.1 Å². The van der Waals surface area contributed by atoms with Crippen LogP contribution in [0, 0.1) is 6.57 Å². The van der Waals surface area contributed by atoms with Gasteiger partial charge in [0.2, 0.25) is 5.70 Å². The van der Waals surface area contributed by atoms with Gasteiger partial charge in [-0.1, -0.05) is 24.3 Å². The molecular weight excluding hydrogens is 535 g/mol. The number of urea groups is 1. The number of carbonyl (C=O) groups excluding carboxylic acids is 2. The Labute approximate surface area is 238 Å². The first kappa shape index (κ1) is 30.5.